The molecular formula is C13H8NS. The number of hydrogen-bond donors (Lipinski definition) is 0. The molecule has 0 amide bonds. The van der Waals surface area contributed by atoms with Crippen LogP contribution in [0.5, 0.6) is 0 Å². The molecule has 15 heavy (non-hydrogen) atoms. The van der Waals surface area contributed by atoms with E-state index < -0.39 is 0 Å². The van der Waals surface area contributed by atoms with Gasteiger partial charge in [0, 0.05) is 28.5 Å². The van der Waals surface area contributed by atoms with Crippen LogP contribution in [0.2, 0.25) is 0 Å². The maximum atomic E-state index is 4.03. The Hall–Kier alpha value is -1.67. The summed E-state index contributed by atoms with van der Waals surface area (Å²) >= 11 is 1.72. The van der Waals surface area contributed by atoms with Crippen molar-refractivity contribution in [2.75, 3.05) is 0 Å². The highest BCUT2D eigenvalue weighted by Crippen LogP contribution is 2.30. The first-order chi connectivity index (χ1) is 7.45. The van der Waals surface area contributed by atoms with Gasteiger partial charge in [-0.15, -0.1) is 11.3 Å². The van der Waals surface area contributed by atoms with Crippen molar-refractivity contribution >= 4 is 21.4 Å². The highest BCUT2D eigenvalue weighted by Gasteiger charge is 2.03. The molecular weight excluding hydrogens is 202 g/mol. The molecule has 0 saturated carbocycles. The molecule has 0 aliphatic heterocycles. The van der Waals surface area contributed by atoms with Crippen LogP contribution in [0.15, 0.2) is 48.1 Å². The predicted octanol–water partition coefficient (Wildman–Crippen LogP) is 3.76. The summed E-state index contributed by atoms with van der Waals surface area (Å²) in [5.41, 5.74) is 2.47. The Balaban J connectivity index is 2.31. The third kappa shape index (κ3) is 1.43. The smallest absolute Gasteiger partial charge is 0.0427 e. The van der Waals surface area contributed by atoms with Crippen LogP contribution < -0.4 is 0 Å². The number of thiophene rings is 1. The van der Waals surface area contributed by atoms with Gasteiger partial charge in [-0.05, 0) is 34.7 Å². The molecule has 3 aromatic rings. The Morgan fingerprint density at radius 1 is 1.07 bits per heavy atom. The summed E-state index contributed by atoms with van der Waals surface area (Å²) in [6.45, 7) is 0. The number of fused-ring (bicyclic) bond motifs is 1. The Labute approximate surface area is 92.0 Å². The summed E-state index contributed by atoms with van der Waals surface area (Å²) in [6.07, 6.45) is 3.65. The molecule has 0 unspecified atom stereocenters. The lowest BCUT2D eigenvalue weighted by Gasteiger charge is -2.02. The van der Waals surface area contributed by atoms with Crippen molar-refractivity contribution in [1.29, 1.82) is 0 Å². The van der Waals surface area contributed by atoms with E-state index in [0.29, 0.717) is 0 Å². The molecule has 1 nitrogen and oxygen atoms in total. The fourth-order valence-electron chi connectivity index (χ4n) is 1.71. The molecule has 0 N–H and O–H groups in total. The van der Waals surface area contributed by atoms with E-state index >= 15 is 0 Å². The van der Waals surface area contributed by atoms with E-state index in [1.165, 1.54) is 21.2 Å². The predicted molar refractivity (Wildman–Crippen MR) is 63.9 cm³/mol. The zero-order valence-corrected chi connectivity index (χ0v) is 8.79. The third-order valence-corrected chi connectivity index (χ3v) is 3.26. The lowest BCUT2D eigenvalue weighted by atomic mass is 10.0. The lowest BCUT2D eigenvalue weighted by molar-refractivity contribution is 1.33. The topological polar surface area (TPSA) is 12.9 Å². The van der Waals surface area contributed by atoms with Crippen molar-refractivity contribution in [2.45, 2.75) is 0 Å². The number of rotatable bonds is 1. The van der Waals surface area contributed by atoms with E-state index in [9.17, 15) is 0 Å². The second kappa shape index (κ2) is 3.48. The van der Waals surface area contributed by atoms with Gasteiger partial charge in [-0.1, -0.05) is 12.1 Å². The molecule has 1 aromatic carbocycles. The zero-order valence-electron chi connectivity index (χ0n) is 7.97. The summed E-state index contributed by atoms with van der Waals surface area (Å²) in [5.74, 6) is 0. The van der Waals surface area contributed by atoms with E-state index in [1.54, 1.807) is 11.3 Å². The fraction of sp³-hybridized carbons (Fsp3) is 0. The maximum Gasteiger partial charge on any atom is 0.0427 e. The molecule has 0 atom stereocenters. The average molecular weight is 210 g/mol. The Morgan fingerprint density at radius 2 is 1.93 bits per heavy atom. The van der Waals surface area contributed by atoms with Crippen LogP contribution in [0.3, 0.4) is 0 Å². The summed E-state index contributed by atoms with van der Waals surface area (Å²) in [5, 5.41) is 3.37. The summed E-state index contributed by atoms with van der Waals surface area (Å²) < 4.78 is 1.21. The number of hydrogen-bond acceptors (Lipinski definition) is 2. The maximum absolute atomic E-state index is 4.03. The van der Waals surface area contributed by atoms with Gasteiger partial charge in [-0.25, -0.2) is 0 Å². The van der Waals surface area contributed by atoms with Crippen molar-refractivity contribution in [3.63, 3.8) is 0 Å². The molecule has 71 valence electrons. The quantitative estimate of drug-likeness (QED) is 0.596. The molecule has 0 aliphatic carbocycles. The minimum atomic E-state index is 1.21. The Morgan fingerprint density at radius 3 is 2.80 bits per heavy atom. The monoisotopic (exact) mass is 210 g/mol. The Kier molecular flexibility index (Phi) is 2.00. The molecule has 2 heteroatoms. The fourth-order valence-corrected chi connectivity index (χ4v) is 2.49. The molecule has 0 saturated heterocycles. The van der Waals surface area contributed by atoms with Crippen molar-refractivity contribution in [3.8, 4) is 11.1 Å². The normalized spacial score (nSPS) is 10.7. The van der Waals surface area contributed by atoms with Crippen LogP contribution in [-0.4, -0.2) is 4.98 Å². The zero-order chi connectivity index (χ0) is 10.1. The van der Waals surface area contributed by atoms with Crippen LogP contribution in [0, 0.1) is 6.07 Å². The summed E-state index contributed by atoms with van der Waals surface area (Å²) in [4.78, 5) is 4.03. The van der Waals surface area contributed by atoms with Crippen LogP contribution in [0.1, 0.15) is 0 Å². The lowest BCUT2D eigenvalue weighted by Crippen LogP contribution is -1.78. The molecule has 1 radical (unpaired) electrons. The second-order valence-corrected chi connectivity index (χ2v) is 4.21. The highest BCUT2D eigenvalue weighted by atomic mass is 32.1. The van der Waals surface area contributed by atoms with Crippen LogP contribution in [0.4, 0.5) is 0 Å². The van der Waals surface area contributed by atoms with Gasteiger partial charge in [0.05, 0.1) is 0 Å². The third-order valence-electron chi connectivity index (χ3n) is 2.41. The Bertz CT molecular complexity index is 584. The van der Waals surface area contributed by atoms with Crippen molar-refractivity contribution in [1.82, 2.24) is 4.98 Å². The minimum absolute atomic E-state index is 1.21. The van der Waals surface area contributed by atoms with Crippen LogP contribution in [-0.2, 0) is 0 Å². The standard InChI is InChI=1S/C13H8NS/c1-2-11(10-4-7-14-8-5-10)12-6-9-15-13(12)3-1/h1-2,4-9H. The van der Waals surface area contributed by atoms with Gasteiger partial charge >= 0.3 is 0 Å². The minimum Gasteiger partial charge on any atom is -0.265 e. The van der Waals surface area contributed by atoms with Gasteiger partial charge in [0.1, 0.15) is 0 Å². The first kappa shape index (κ1) is 8.62. The average Bonchev–Trinajstić information content (AvgIpc) is 2.78. The number of benzene rings is 1. The first-order valence-electron chi connectivity index (χ1n) is 4.73. The molecule has 0 fully saturated rings. The summed E-state index contributed by atoms with van der Waals surface area (Å²) in [7, 11) is 0. The van der Waals surface area contributed by atoms with Crippen molar-refractivity contribution < 1.29 is 0 Å². The number of nitrogens with zero attached hydrogens (tertiary/aromatic N) is 1. The van der Waals surface area contributed by atoms with Crippen molar-refractivity contribution in [3.05, 3.63) is 54.2 Å². The highest BCUT2D eigenvalue weighted by molar-refractivity contribution is 7.17. The largest absolute Gasteiger partial charge is 0.265 e. The summed E-state index contributed by atoms with van der Waals surface area (Å²) in [6, 6.07) is 13.5. The van der Waals surface area contributed by atoms with Gasteiger partial charge in [-0.3, -0.25) is 4.98 Å². The molecule has 2 heterocycles. The van der Waals surface area contributed by atoms with E-state index in [4.69, 9.17) is 0 Å². The van der Waals surface area contributed by atoms with Gasteiger partial charge < -0.3 is 0 Å². The van der Waals surface area contributed by atoms with E-state index in [2.05, 4.69) is 28.6 Å². The van der Waals surface area contributed by atoms with Crippen LogP contribution in [0.25, 0.3) is 21.2 Å². The molecule has 0 bridgehead atoms. The van der Waals surface area contributed by atoms with Gasteiger partial charge in [-0.2, -0.15) is 0 Å². The van der Waals surface area contributed by atoms with Gasteiger partial charge in [0.15, 0.2) is 0 Å². The molecule has 0 aliphatic rings. The second-order valence-electron chi connectivity index (χ2n) is 3.29. The molecule has 2 aromatic heterocycles. The molecule has 0 spiro atoms. The van der Waals surface area contributed by atoms with Gasteiger partial charge in [0.2, 0.25) is 0 Å². The van der Waals surface area contributed by atoms with Gasteiger partial charge in [0.25, 0.3) is 0 Å². The number of pyridine rings is 1. The van der Waals surface area contributed by atoms with Crippen molar-refractivity contribution in [2.24, 2.45) is 0 Å². The van der Waals surface area contributed by atoms with E-state index in [-0.39, 0.29) is 0 Å². The van der Waals surface area contributed by atoms with E-state index in [1.807, 2.05) is 30.6 Å². The SMILES string of the molecule is [c]1ccc(-c2ccncc2)c2ccsc12. The van der Waals surface area contributed by atoms with E-state index in [0.717, 1.165) is 0 Å². The number of aromatic nitrogens is 1. The van der Waals surface area contributed by atoms with Crippen LogP contribution >= 0.6 is 11.3 Å². The molecule has 3 rings (SSSR count). The first-order valence-corrected chi connectivity index (χ1v) is 5.61.